The van der Waals surface area contributed by atoms with Crippen molar-refractivity contribution in [3.63, 3.8) is 0 Å². The quantitative estimate of drug-likeness (QED) is 0.725. The molecule has 0 fully saturated rings. The number of anilines is 1. The van der Waals surface area contributed by atoms with E-state index in [-0.39, 0.29) is 21.4 Å². The second-order valence-electron chi connectivity index (χ2n) is 4.28. The van der Waals surface area contributed by atoms with E-state index >= 15 is 0 Å². The van der Waals surface area contributed by atoms with Crippen LogP contribution in [0.25, 0.3) is 11.1 Å². The fourth-order valence-electron chi connectivity index (χ4n) is 1.85. The van der Waals surface area contributed by atoms with E-state index in [4.69, 9.17) is 15.9 Å². The number of fused-ring (bicyclic) bond motifs is 1. The third-order valence-electron chi connectivity index (χ3n) is 2.84. The molecule has 0 spiro atoms. The lowest BCUT2D eigenvalue weighted by molar-refractivity contribution is 0.100. The number of nitrogens with two attached hydrogens (primary N) is 2. The minimum absolute atomic E-state index is 0.00177. The molecule has 106 valence electrons. The maximum atomic E-state index is 13.9. The molecule has 4 N–H and O–H groups in total. The number of halogens is 1. The number of hydrogen-bond donors (Lipinski definition) is 2. The summed E-state index contributed by atoms with van der Waals surface area (Å²) in [6.45, 7) is 0. The Morgan fingerprint density at radius 3 is 2.76 bits per heavy atom. The van der Waals surface area contributed by atoms with Gasteiger partial charge in [-0.1, -0.05) is 12.1 Å². The number of primary amides is 1. The van der Waals surface area contributed by atoms with Crippen molar-refractivity contribution >= 4 is 34.5 Å². The minimum atomic E-state index is -0.716. The van der Waals surface area contributed by atoms with Crippen molar-refractivity contribution < 1.29 is 13.6 Å². The summed E-state index contributed by atoms with van der Waals surface area (Å²) in [5, 5.41) is 0.273. The van der Waals surface area contributed by atoms with Gasteiger partial charge in [0.15, 0.2) is 5.58 Å². The first-order chi connectivity index (χ1) is 10.0. The number of rotatable bonds is 3. The van der Waals surface area contributed by atoms with Crippen molar-refractivity contribution in [3.05, 3.63) is 47.8 Å². The van der Waals surface area contributed by atoms with Crippen LogP contribution < -0.4 is 11.5 Å². The van der Waals surface area contributed by atoms with E-state index in [1.165, 1.54) is 6.07 Å². The Kier molecular flexibility index (Phi) is 3.26. The number of benzene rings is 2. The number of nitrogen functional groups attached to an aromatic ring is 1. The van der Waals surface area contributed by atoms with Gasteiger partial charge in [0, 0.05) is 5.69 Å². The van der Waals surface area contributed by atoms with Crippen LogP contribution in [0.15, 0.2) is 50.9 Å². The Hall–Kier alpha value is -2.54. The van der Waals surface area contributed by atoms with Gasteiger partial charge in [0.2, 0.25) is 0 Å². The zero-order valence-electron chi connectivity index (χ0n) is 10.7. The molecule has 0 aliphatic heterocycles. The molecule has 21 heavy (non-hydrogen) atoms. The van der Waals surface area contributed by atoms with E-state index in [2.05, 4.69) is 4.98 Å². The van der Waals surface area contributed by atoms with E-state index in [1.807, 2.05) is 12.1 Å². The predicted molar refractivity (Wildman–Crippen MR) is 77.5 cm³/mol. The molecule has 3 rings (SSSR count). The summed E-state index contributed by atoms with van der Waals surface area (Å²) in [5.41, 5.74) is 12.1. The highest BCUT2D eigenvalue weighted by Crippen LogP contribution is 2.33. The van der Waals surface area contributed by atoms with Crippen molar-refractivity contribution in [2.24, 2.45) is 5.73 Å². The van der Waals surface area contributed by atoms with Gasteiger partial charge in [-0.15, -0.1) is 0 Å². The van der Waals surface area contributed by atoms with Gasteiger partial charge < -0.3 is 15.9 Å². The van der Waals surface area contributed by atoms with E-state index in [0.717, 1.165) is 17.8 Å². The van der Waals surface area contributed by atoms with Crippen molar-refractivity contribution in [1.82, 2.24) is 4.98 Å². The van der Waals surface area contributed by atoms with Gasteiger partial charge in [0.1, 0.15) is 11.3 Å². The topological polar surface area (TPSA) is 95.1 Å². The van der Waals surface area contributed by atoms with Crippen molar-refractivity contribution in [2.45, 2.75) is 10.1 Å². The summed E-state index contributed by atoms with van der Waals surface area (Å²) in [7, 11) is 0. The molecule has 1 aromatic heterocycles. The average Bonchev–Trinajstić information content (AvgIpc) is 2.83. The largest absolute Gasteiger partial charge is 0.431 e. The summed E-state index contributed by atoms with van der Waals surface area (Å²) >= 11 is 0.964. The van der Waals surface area contributed by atoms with E-state index in [0.29, 0.717) is 11.1 Å². The van der Waals surface area contributed by atoms with Gasteiger partial charge >= 0.3 is 0 Å². The van der Waals surface area contributed by atoms with Crippen LogP contribution in [-0.2, 0) is 0 Å². The number of carbonyl (C=O) groups is 1. The summed E-state index contributed by atoms with van der Waals surface area (Å²) in [5.74, 6) is -1.28. The molecule has 1 amide bonds. The molecule has 1 heterocycles. The molecule has 0 saturated heterocycles. The van der Waals surface area contributed by atoms with Crippen molar-refractivity contribution in [3.8, 4) is 0 Å². The van der Waals surface area contributed by atoms with Crippen molar-refractivity contribution in [1.29, 1.82) is 0 Å². The zero-order valence-corrected chi connectivity index (χ0v) is 11.5. The van der Waals surface area contributed by atoms with Crippen LogP contribution >= 0.6 is 11.8 Å². The van der Waals surface area contributed by atoms with Crippen LogP contribution in [0.3, 0.4) is 0 Å². The first-order valence-electron chi connectivity index (χ1n) is 5.97. The highest BCUT2D eigenvalue weighted by Gasteiger charge is 2.15. The van der Waals surface area contributed by atoms with Crippen LogP contribution in [-0.4, -0.2) is 10.9 Å². The van der Waals surface area contributed by atoms with Crippen LogP contribution in [0, 0.1) is 5.82 Å². The fraction of sp³-hybridized carbons (Fsp3) is 0. The molecule has 0 bridgehead atoms. The second-order valence-corrected chi connectivity index (χ2v) is 5.28. The SMILES string of the molecule is NC(=O)c1cc(Sc2nc3ccccc3o2)c(F)cc1N. The number of carbonyl (C=O) groups excluding carboxylic acids is 1. The molecule has 3 aromatic rings. The van der Waals surface area contributed by atoms with Gasteiger partial charge in [0.25, 0.3) is 11.1 Å². The summed E-state index contributed by atoms with van der Waals surface area (Å²) in [6.07, 6.45) is 0. The molecule has 2 aromatic carbocycles. The first-order valence-corrected chi connectivity index (χ1v) is 6.78. The van der Waals surface area contributed by atoms with Crippen LogP contribution in [0.5, 0.6) is 0 Å². The smallest absolute Gasteiger partial charge is 0.261 e. The monoisotopic (exact) mass is 303 g/mol. The van der Waals surface area contributed by atoms with Gasteiger partial charge in [-0.2, -0.15) is 0 Å². The maximum absolute atomic E-state index is 13.9. The predicted octanol–water partition coefficient (Wildman–Crippen LogP) is 2.80. The normalized spacial score (nSPS) is 10.9. The number of para-hydroxylation sites is 2. The zero-order chi connectivity index (χ0) is 15.0. The Balaban J connectivity index is 2.00. The van der Waals surface area contributed by atoms with Crippen LogP contribution in [0.1, 0.15) is 10.4 Å². The number of oxazole rings is 1. The van der Waals surface area contributed by atoms with E-state index < -0.39 is 11.7 Å². The van der Waals surface area contributed by atoms with Gasteiger partial charge in [-0.05, 0) is 36.0 Å². The number of aromatic nitrogens is 1. The lowest BCUT2D eigenvalue weighted by Gasteiger charge is -2.05. The molecule has 0 atom stereocenters. The highest BCUT2D eigenvalue weighted by molar-refractivity contribution is 7.99. The maximum Gasteiger partial charge on any atom is 0.261 e. The lowest BCUT2D eigenvalue weighted by atomic mass is 10.1. The molecule has 5 nitrogen and oxygen atoms in total. The Morgan fingerprint density at radius 1 is 1.29 bits per heavy atom. The highest BCUT2D eigenvalue weighted by atomic mass is 32.2. The van der Waals surface area contributed by atoms with E-state index in [1.54, 1.807) is 12.1 Å². The summed E-state index contributed by atoms with van der Waals surface area (Å²) in [6, 6.07) is 9.56. The Labute approximate surface area is 123 Å². The Morgan fingerprint density at radius 2 is 2.05 bits per heavy atom. The fourth-order valence-corrected chi connectivity index (χ4v) is 2.65. The van der Waals surface area contributed by atoms with Crippen LogP contribution in [0.2, 0.25) is 0 Å². The van der Waals surface area contributed by atoms with Gasteiger partial charge in [-0.25, -0.2) is 9.37 Å². The lowest BCUT2D eigenvalue weighted by Crippen LogP contribution is -2.14. The Bertz CT molecular complexity index is 814. The standard InChI is InChI=1S/C14H10FN3O2S/c15-8-6-9(16)7(13(17)19)5-12(8)21-14-18-10-3-1-2-4-11(10)20-14/h1-6H,16H2,(H2,17,19). The summed E-state index contributed by atoms with van der Waals surface area (Å²) < 4.78 is 19.4. The molecule has 0 saturated carbocycles. The molecule has 7 heteroatoms. The molecule has 0 radical (unpaired) electrons. The third kappa shape index (κ3) is 2.55. The molecular weight excluding hydrogens is 293 g/mol. The average molecular weight is 303 g/mol. The second kappa shape index (κ2) is 5.10. The molecular formula is C14H10FN3O2S. The first kappa shape index (κ1) is 13.4. The molecule has 0 aliphatic rings. The van der Waals surface area contributed by atoms with Gasteiger partial charge in [0.05, 0.1) is 10.5 Å². The van der Waals surface area contributed by atoms with Crippen molar-refractivity contribution in [2.75, 3.05) is 5.73 Å². The van der Waals surface area contributed by atoms with Gasteiger partial charge in [-0.3, -0.25) is 4.79 Å². The number of hydrogen-bond acceptors (Lipinski definition) is 5. The minimum Gasteiger partial charge on any atom is -0.431 e. The number of amides is 1. The molecule has 0 aliphatic carbocycles. The summed E-state index contributed by atoms with van der Waals surface area (Å²) in [4.78, 5) is 15.6. The van der Waals surface area contributed by atoms with E-state index in [9.17, 15) is 9.18 Å². The number of nitrogens with zero attached hydrogens (tertiary/aromatic N) is 1. The molecule has 0 unspecified atom stereocenters. The van der Waals surface area contributed by atoms with Crippen LogP contribution in [0.4, 0.5) is 10.1 Å². The third-order valence-corrected chi connectivity index (χ3v) is 3.72.